The fourth-order valence-corrected chi connectivity index (χ4v) is 7.25. The fourth-order valence-electron chi connectivity index (χ4n) is 7.05. The second-order valence-corrected chi connectivity index (χ2v) is 10.5. The maximum absolute atomic E-state index is 13.3. The van der Waals surface area contributed by atoms with Crippen molar-refractivity contribution in [3.05, 3.63) is 58.5 Å². The van der Waals surface area contributed by atoms with Gasteiger partial charge in [0.1, 0.15) is 5.82 Å². The molecule has 174 valence electrons. The van der Waals surface area contributed by atoms with Crippen LogP contribution in [-0.4, -0.2) is 21.8 Å². The minimum Gasteiger partial charge on any atom is -0.411 e. The second-order valence-electron chi connectivity index (χ2n) is 10.1. The van der Waals surface area contributed by atoms with E-state index in [4.69, 9.17) is 11.6 Å². The third-order valence-corrected chi connectivity index (χ3v) is 8.64. The standard InChI is InChI=1S/C26H29ClFN3O2/c1-26-12-11-19-18-9-7-17(27)13-15(18)5-8-20(19)25(26)16(14-21(26)31-33)6-10-24(32)30-23-4-2-3-22(28)29-23/h2-4,7,9,13,16,19-20,25,33H,5-6,8,10-12,14H2,1H3,(H,29,30,32)/b31-21+/t16-,19?,20?,25?,26-/m1/s1. The van der Waals surface area contributed by atoms with Crippen LogP contribution in [0, 0.1) is 29.1 Å². The molecule has 5 nitrogen and oxygen atoms in total. The first-order valence-corrected chi connectivity index (χ1v) is 12.2. The highest BCUT2D eigenvalue weighted by Crippen LogP contribution is 2.62. The minimum absolute atomic E-state index is 0.134. The van der Waals surface area contributed by atoms with Crippen LogP contribution in [0.25, 0.3) is 0 Å². The van der Waals surface area contributed by atoms with Crippen molar-refractivity contribution in [1.82, 2.24) is 4.98 Å². The third kappa shape index (κ3) is 4.03. The third-order valence-electron chi connectivity index (χ3n) is 8.41. The molecule has 2 N–H and O–H groups in total. The van der Waals surface area contributed by atoms with E-state index in [0.29, 0.717) is 30.6 Å². The molecular formula is C26H29ClFN3O2. The second kappa shape index (κ2) is 8.71. The molecule has 2 saturated carbocycles. The highest BCUT2D eigenvalue weighted by atomic mass is 35.5. The zero-order valence-electron chi connectivity index (χ0n) is 18.7. The highest BCUT2D eigenvalue weighted by Gasteiger charge is 2.57. The van der Waals surface area contributed by atoms with E-state index in [1.54, 1.807) is 6.07 Å². The van der Waals surface area contributed by atoms with Crippen molar-refractivity contribution in [1.29, 1.82) is 0 Å². The molecule has 5 atom stereocenters. The van der Waals surface area contributed by atoms with Crippen LogP contribution in [0.3, 0.4) is 0 Å². The van der Waals surface area contributed by atoms with Gasteiger partial charge in [0.05, 0.1) is 5.71 Å². The molecule has 1 heterocycles. The number of rotatable bonds is 4. The molecule has 3 aliphatic rings. The van der Waals surface area contributed by atoms with Crippen LogP contribution < -0.4 is 5.32 Å². The molecule has 33 heavy (non-hydrogen) atoms. The van der Waals surface area contributed by atoms with E-state index in [0.717, 1.165) is 42.8 Å². The van der Waals surface area contributed by atoms with Crippen LogP contribution in [0.15, 0.2) is 41.6 Å². The summed E-state index contributed by atoms with van der Waals surface area (Å²) in [5, 5.41) is 17.1. The van der Waals surface area contributed by atoms with Gasteiger partial charge in [-0.15, -0.1) is 0 Å². The quantitative estimate of drug-likeness (QED) is 0.318. The summed E-state index contributed by atoms with van der Waals surface area (Å²) in [6, 6.07) is 10.7. The van der Waals surface area contributed by atoms with Gasteiger partial charge in [0.15, 0.2) is 0 Å². The van der Waals surface area contributed by atoms with E-state index in [2.05, 4.69) is 34.5 Å². The smallest absolute Gasteiger partial charge is 0.225 e. The van der Waals surface area contributed by atoms with Gasteiger partial charge in [0, 0.05) is 16.9 Å². The molecule has 1 aromatic carbocycles. The minimum atomic E-state index is -0.615. The number of nitrogens with one attached hydrogen (secondary N) is 1. The molecule has 3 unspecified atom stereocenters. The molecule has 0 spiro atoms. The summed E-state index contributed by atoms with van der Waals surface area (Å²) in [7, 11) is 0. The summed E-state index contributed by atoms with van der Waals surface area (Å²) in [5.41, 5.74) is 3.52. The number of anilines is 1. The number of pyridine rings is 1. The van der Waals surface area contributed by atoms with Crippen molar-refractivity contribution in [2.45, 2.75) is 57.8 Å². The molecule has 7 heteroatoms. The largest absolute Gasteiger partial charge is 0.411 e. The van der Waals surface area contributed by atoms with Crippen LogP contribution in [0.2, 0.25) is 5.02 Å². The summed E-state index contributed by atoms with van der Waals surface area (Å²) < 4.78 is 13.3. The Morgan fingerprint density at radius 3 is 2.97 bits per heavy atom. The fraction of sp³-hybridized carbons (Fsp3) is 0.500. The Labute approximate surface area is 198 Å². The molecule has 5 rings (SSSR count). The lowest BCUT2D eigenvalue weighted by atomic mass is 9.54. The summed E-state index contributed by atoms with van der Waals surface area (Å²) >= 11 is 6.26. The zero-order chi connectivity index (χ0) is 23.2. The number of nitrogens with zero attached hydrogens (tertiary/aromatic N) is 2. The lowest BCUT2D eigenvalue weighted by molar-refractivity contribution is -0.116. The number of carbonyl (C=O) groups excluding carboxylic acids is 1. The number of amides is 1. The van der Waals surface area contributed by atoms with Gasteiger partial charge < -0.3 is 10.5 Å². The van der Waals surface area contributed by atoms with Crippen LogP contribution in [0.4, 0.5) is 10.2 Å². The van der Waals surface area contributed by atoms with E-state index >= 15 is 0 Å². The Bertz CT molecular complexity index is 1110. The van der Waals surface area contributed by atoms with Crippen LogP contribution in [0.1, 0.15) is 62.5 Å². The summed E-state index contributed by atoms with van der Waals surface area (Å²) in [5.74, 6) is 1.06. The molecule has 2 fully saturated rings. The van der Waals surface area contributed by atoms with Crippen molar-refractivity contribution in [3.63, 3.8) is 0 Å². The van der Waals surface area contributed by atoms with E-state index in [-0.39, 0.29) is 23.1 Å². The first-order valence-electron chi connectivity index (χ1n) is 11.8. The first kappa shape index (κ1) is 22.3. The lowest BCUT2D eigenvalue weighted by Gasteiger charge is -2.50. The number of fused-ring (bicyclic) bond motifs is 5. The summed E-state index contributed by atoms with van der Waals surface area (Å²) in [6.45, 7) is 2.25. The average molecular weight is 470 g/mol. The monoisotopic (exact) mass is 469 g/mol. The lowest BCUT2D eigenvalue weighted by Crippen LogP contribution is -2.44. The van der Waals surface area contributed by atoms with Crippen LogP contribution in [-0.2, 0) is 11.2 Å². The van der Waals surface area contributed by atoms with Gasteiger partial charge in [-0.25, -0.2) is 4.98 Å². The number of oxime groups is 1. The van der Waals surface area contributed by atoms with E-state index in [1.807, 2.05) is 6.07 Å². The van der Waals surface area contributed by atoms with Crippen LogP contribution >= 0.6 is 11.6 Å². The van der Waals surface area contributed by atoms with Crippen LogP contribution in [0.5, 0.6) is 0 Å². The molecular weight excluding hydrogens is 441 g/mol. The van der Waals surface area contributed by atoms with Gasteiger partial charge in [-0.2, -0.15) is 4.39 Å². The Kier molecular flexibility index (Phi) is 5.89. The summed E-state index contributed by atoms with van der Waals surface area (Å²) in [6.07, 6.45) is 5.91. The van der Waals surface area contributed by atoms with Crippen molar-refractivity contribution in [2.75, 3.05) is 5.32 Å². The number of aromatic nitrogens is 1. The SMILES string of the molecule is C[C@]12CCC3c4ccc(Cl)cc4CCC3C1[C@H](CCC(=O)Nc1cccc(F)n1)C/C2=N\O. The Morgan fingerprint density at radius 2 is 2.18 bits per heavy atom. The predicted octanol–water partition coefficient (Wildman–Crippen LogP) is 6.21. The molecule has 0 radical (unpaired) electrons. The highest BCUT2D eigenvalue weighted by molar-refractivity contribution is 6.30. The molecule has 0 bridgehead atoms. The van der Waals surface area contributed by atoms with Gasteiger partial charge in [0.25, 0.3) is 0 Å². The molecule has 3 aliphatic carbocycles. The Hall–Kier alpha value is -2.47. The number of carbonyl (C=O) groups is 1. The number of halogens is 2. The van der Waals surface area contributed by atoms with Gasteiger partial charge in [-0.05, 0) is 97.6 Å². The van der Waals surface area contributed by atoms with Gasteiger partial charge >= 0.3 is 0 Å². The molecule has 0 saturated heterocycles. The number of hydrogen-bond donors (Lipinski definition) is 2. The Balaban J connectivity index is 1.35. The molecule has 0 aliphatic heterocycles. The molecule has 1 aromatic heterocycles. The van der Waals surface area contributed by atoms with Crippen molar-refractivity contribution in [2.24, 2.45) is 28.3 Å². The average Bonchev–Trinajstić information content (AvgIpc) is 3.09. The van der Waals surface area contributed by atoms with E-state index in [1.165, 1.54) is 23.3 Å². The first-order chi connectivity index (χ1) is 15.9. The maximum Gasteiger partial charge on any atom is 0.225 e. The Morgan fingerprint density at radius 1 is 1.33 bits per heavy atom. The van der Waals surface area contributed by atoms with Gasteiger partial charge in [-0.3, -0.25) is 4.79 Å². The number of hydrogen-bond acceptors (Lipinski definition) is 4. The molecule has 2 aromatic rings. The number of aryl methyl sites for hydroxylation is 1. The van der Waals surface area contributed by atoms with Gasteiger partial charge in [0.2, 0.25) is 11.9 Å². The van der Waals surface area contributed by atoms with E-state index < -0.39 is 5.95 Å². The topological polar surface area (TPSA) is 74.6 Å². The maximum atomic E-state index is 13.3. The predicted molar refractivity (Wildman–Crippen MR) is 126 cm³/mol. The molecule has 1 amide bonds. The summed E-state index contributed by atoms with van der Waals surface area (Å²) in [4.78, 5) is 16.3. The zero-order valence-corrected chi connectivity index (χ0v) is 19.5. The van der Waals surface area contributed by atoms with Gasteiger partial charge in [-0.1, -0.05) is 35.8 Å². The van der Waals surface area contributed by atoms with Crippen molar-refractivity contribution < 1.29 is 14.4 Å². The van der Waals surface area contributed by atoms with Crippen molar-refractivity contribution >= 4 is 29.0 Å². The normalized spacial score (nSPS) is 31.5. The van der Waals surface area contributed by atoms with E-state index in [9.17, 15) is 14.4 Å². The van der Waals surface area contributed by atoms with Crippen molar-refractivity contribution in [3.8, 4) is 0 Å². The number of benzene rings is 1.